The maximum atomic E-state index is 10.7. The molecule has 0 aliphatic carbocycles. The molecule has 1 aromatic rings. The number of rotatable bonds is 2. The van der Waals surface area contributed by atoms with Gasteiger partial charge in [-0.1, -0.05) is 11.6 Å². The van der Waals surface area contributed by atoms with Crippen molar-refractivity contribution in [3.63, 3.8) is 0 Å². The molecule has 0 unspecified atom stereocenters. The van der Waals surface area contributed by atoms with Crippen LogP contribution in [0.25, 0.3) is 0 Å². The Bertz CT molecular complexity index is 424. The van der Waals surface area contributed by atoms with Gasteiger partial charge in [-0.2, -0.15) is 5.26 Å². The molecule has 0 spiro atoms. The van der Waals surface area contributed by atoms with Crippen LogP contribution in [-0.4, -0.2) is 4.92 Å². The Morgan fingerprint density at radius 3 is 2.79 bits per heavy atom. The van der Waals surface area contributed by atoms with Crippen molar-refractivity contribution in [2.45, 2.75) is 13.3 Å². The number of nitriles is 1. The minimum Gasteiger partial charge on any atom is -0.258 e. The van der Waals surface area contributed by atoms with Crippen molar-refractivity contribution >= 4 is 17.3 Å². The monoisotopic (exact) mass is 210 g/mol. The number of nitro benzene ring substituents is 1. The van der Waals surface area contributed by atoms with Crippen molar-refractivity contribution in [1.82, 2.24) is 0 Å². The molecule has 0 bridgehead atoms. The average molecular weight is 211 g/mol. The van der Waals surface area contributed by atoms with Crippen LogP contribution in [0.1, 0.15) is 11.1 Å². The minimum atomic E-state index is -0.506. The van der Waals surface area contributed by atoms with Crippen molar-refractivity contribution < 1.29 is 4.92 Å². The Labute approximate surface area is 85.9 Å². The Morgan fingerprint density at radius 2 is 2.29 bits per heavy atom. The second-order valence-electron chi connectivity index (χ2n) is 2.77. The Hall–Kier alpha value is -1.60. The van der Waals surface area contributed by atoms with Gasteiger partial charge in [0.25, 0.3) is 5.69 Å². The third-order valence-corrected chi connectivity index (χ3v) is 2.31. The maximum Gasteiger partial charge on any atom is 0.277 e. The fraction of sp³-hybridized carbons (Fsp3) is 0.222. The number of nitrogens with zero attached hydrogens (tertiary/aromatic N) is 2. The van der Waals surface area contributed by atoms with E-state index in [9.17, 15) is 10.1 Å². The summed E-state index contributed by atoms with van der Waals surface area (Å²) in [6, 6.07) is 4.96. The highest BCUT2D eigenvalue weighted by Gasteiger charge is 2.18. The molecule has 72 valence electrons. The zero-order valence-corrected chi connectivity index (χ0v) is 8.21. The highest BCUT2D eigenvalue weighted by molar-refractivity contribution is 6.31. The molecular formula is C9H7ClN2O2. The highest BCUT2D eigenvalue weighted by Crippen LogP contribution is 2.29. The summed E-state index contributed by atoms with van der Waals surface area (Å²) in [7, 11) is 0. The minimum absolute atomic E-state index is 0.0221. The molecule has 5 heteroatoms. The normalized spacial score (nSPS) is 9.50. The van der Waals surface area contributed by atoms with E-state index in [1.807, 2.05) is 6.07 Å². The summed E-state index contributed by atoms with van der Waals surface area (Å²) in [6.07, 6.45) is 0.0221. The second kappa shape index (κ2) is 4.07. The molecule has 0 radical (unpaired) electrons. The van der Waals surface area contributed by atoms with Crippen molar-refractivity contribution in [3.05, 3.63) is 38.4 Å². The number of benzene rings is 1. The first-order chi connectivity index (χ1) is 6.57. The van der Waals surface area contributed by atoms with Gasteiger partial charge in [-0.3, -0.25) is 10.1 Å². The van der Waals surface area contributed by atoms with Crippen molar-refractivity contribution in [1.29, 1.82) is 5.26 Å². The van der Waals surface area contributed by atoms with Crippen LogP contribution in [0.3, 0.4) is 0 Å². The molecule has 0 saturated carbocycles. The fourth-order valence-electron chi connectivity index (χ4n) is 1.21. The third-order valence-electron chi connectivity index (χ3n) is 1.90. The molecule has 1 rings (SSSR count). The van der Waals surface area contributed by atoms with E-state index < -0.39 is 4.92 Å². The highest BCUT2D eigenvalue weighted by atomic mass is 35.5. The van der Waals surface area contributed by atoms with Crippen molar-refractivity contribution in [3.8, 4) is 6.07 Å². The molecular weight excluding hydrogens is 204 g/mol. The summed E-state index contributed by atoms with van der Waals surface area (Å²) in [5, 5.41) is 19.5. The van der Waals surface area contributed by atoms with Crippen LogP contribution >= 0.6 is 11.6 Å². The molecule has 0 amide bonds. The quantitative estimate of drug-likeness (QED) is 0.557. The van der Waals surface area contributed by atoms with Gasteiger partial charge in [0.1, 0.15) is 0 Å². The van der Waals surface area contributed by atoms with Crippen LogP contribution in [0, 0.1) is 28.4 Å². The largest absolute Gasteiger partial charge is 0.277 e. The van der Waals surface area contributed by atoms with Gasteiger partial charge in [0.15, 0.2) is 0 Å². The fourth-order valence-corrected chi connectivity index (χ4v) is 1.37. The number of halogens is 1. The molecule has 4 nitrogen and oxygen atoms in total. The van der Waals surface area contributed by atoms with Crippen LogP contribution in [0.2, 0.25) is 5.02 Å². The van der Waals surface area contributed by atoms with E-state index in [4.69, 9.17) is 16.9 Å². The zero-order valence-electron chi connectivity index (χ0n) is 7.45. The second-order valence-corrected chi connectivity index (χ2v) is 3.18. The van der Waals surface area contributed by atoms with E-state index >= 15 is 0 Å². The summed E-state index contributed by atoms with van der Waals surface area (Å²) in [6.45, 7) is 1.57. The van der Waals surface area contributed by atoms with Gasteiger partial charge in [-0.25, -0.2) is 0 Å². The van der Waals surface area contributed by atoms with E-state index in [1.165, 1.54) is 6.07 Å². The molecule has 0 saturated heterocycles. The van der Waals surface area contributed by atoms with Gasteiger partial charge in [-0.05, 0) is 19.1 Å². The van der Waals surface area contributed by atoms with Gasteiger partial charge < -0.3 is 0 Å². The lowest BCUT2D eigenvalue weighted by Gasteiger charge is -2.03. The van der Waals surface area contributed by atoms with E-state index in [-0.39, 0.29) is 12.1 Å². The molecule has 0 aromatic heterocycles. The Balaban J connectivity index is 3.39. The predicted molar refractivity (Wildman–Crippen MR) is 52.2 cm³/mol. The molecule has 0 atom stereocenters. The van der Waals surface area contributed by atoms with Crippen molar-refractivity contribution in [2.24, 2.45) is 0 Å². The van der Waals surface area contributed by atoms with Gasteiger partial charge >= 0.3 is 0 Å². The van der Waals surface area contributed by atoms with Crippen molar-refractivity contribution in [2.75, 3.05) is 0 Å². The summed E-state index contributed by atoms with van der Waals surface area (Å²) in [5.41, 5.74) is 0.753. The summed E-state index contributed by atoms with van der Waals surface area (Å²) >= 11 is 5.74. The zero-order chi connectivity index (χ0) is 10.7. The lowest BCUT2D eigenvalue weighted by molar-refractivity contribution is -0.386. The Morgan fingerprint density at radius 1 is 1.64 bits per heavy atom. The van der Waals surface area contributed by atoms with E-state index in [0.717, 1.165) is 0 Å². The molecule has 0 aliphatic rings. The smallest absolute Gasteiger partial charge is 0.258 e. The lowest BCUT2D eigenvalue weighted by Crippen LogP contribution is -1.98. The predicted octanol–water partition coefficient (Wildman–Crippen LogP) is 2.62. The van der Waals surface area contributed by atoms with E-state index in [1.54, 1.807) is 13.0 Å². The maximum absolute atomic E-state index is 10.7. The van der Waals surface area contributed by atoms with Gasteiger partial charge in [0.2, 0.25) is 0 Å². The summed E-state index contributed by atoms with van der Waals surface area (Å²) in [5.74, 6) is 0. The van der Waals surface area contributed by atoms with Crippen LogP contribution in [-0.2, 0) is 6.42 Å². The first kappa shape index (κ1) is 10.5. The Kier molecular flexibility index (Phi) is 3.05. The van der Waals surface area contributed by atoms with Crippen LogP contribution in [0.5, 0.6) is 0 Å². The van der Waals surface area contributed by atoms with E-state index in [2.05, 4.69) is 0 Å². The molecule has 0 fully saturated rings. The molecule has 1 aromatic carbocycles. The summed E-state index contributed by atoms with van der Waals surface area (Å²) in [4.78, 5) is 10.2. The number of nitro groups is 1. The first-order valence-electron chi connectivity index (χ1n) is 3.87. The van der Waals surface area contributed by atoms with Crippen LogP contribution < -0.4 is 0 Å². The van der Waals surface area contributed by atoms with Gasteiger partial charge in [0.05, 0.1) is 22.4 Å². The molecule has 0 aliphatic heterocycles. The first-order valence-corrected chi connectivity index (χ1v) is 4.25. The summed E-state index contributed by atoms with van der Waals surface area (Å²) < 4.78 is 0. The van der Waals surface area contributed by atoms with Crippen LogP contribution in [0.15, 0.2) is 12.1 Å². The van der Waals surface area contributed by atoms with Crippen LogP contribution in [0.4, 0.5) is 5.69 Å². The molecule has 14 heavy (non-hydrogen) atoms. The lowest BCUT2D eigenvalue weighted by atomic mass is 10.1. The SMILES string of the molecule is Cc1c(Cl)ccc(CC#N)c1[N+](=O)[O-]. The number of hydrogen-bond acceptors (Lipinski definition) is 3. The van der Waals surface area contributed by atoms with Gasteiger partial charge in [0, 0.05) is 11.1 Å². The third kappa shape index (κ3) is 1.83. The molecule has 0 N–H and O–H groups in total. The van der Waals surface area contributed by atoms with Gasteiger partial charge in [-0.15, -0.1) is 0 Å². The molecule has 0 heterocycles. The number of hydrogen-bond donors (Lipinski definition) is 0. The van der Waals surface area contributed by atoms with E-state index in [0.29, 0.717) is 16.1 Å². The topological polar surface area (TPSA) is 66.9 Å². The standard InChI is InChI=1S/C9H7ClN2O2/c1-6-8(10)3-2-7(4-5-11)9(6)12(13)14/h2-3H,4H2,1H3. The average Bonchev–Trinajstić information content (AvgIpc) is 2.11.